The van der Waals surface area contributed by atoms with Gasteiger partial charge in [-0.05, 0) is 61.9 Å². The van der Waals surface area contributed by atoms with Crippen LogP contribution < -0.4 is 14.8 Å². The van der Waals surface area contributed by atoms with Gasteiger partial charge in [0, 0.05) is 6.42 Å². The van der Waals surface area contributed by atoms with E-state index in [0.29, 0.717) is 25.4 Å². The molecule has 0 bridgehead atoms. The molecule has 0 saturated heterocycles. The standard InChI is InChI=1S/C22H27NO3/c1-16-5-11-20(12-6-16)26-15-3-4-21(24)23-22(17-7-8-17)18-9-13-19(25-2)14-10-18/h5-6,9-14,17,22H,3-4,7-8,15H2,1-2H3,(H,23,24)/t22-/m0/s1. The van der Waals surface area contributed by atoms with E-state index < -0.39 is 0 Å². The summed E-state index contributed by atoms with van der Waals surface area (Å²) in [5.41, 5.74) is 2.36. The number of carbonyl (C=O) groups is 1. The van der Waals surface area contributed by atoms with Gasteiger partial charge in [-0.15, -0.1) is 0 Å². The minimum Gasteiger partial charge on any atom is -0.497 e. The fourth-order valence-electron chi connectivity index (χ4n) is 3.02. The summed E-state index contributed by atoms with van der Waals surface area (Å²) < 4.78 is 10.9. The van der Waals surface area contributed by atoms with Crippen molar-refractivity contribution in [3.8, 4) is 11.5 Å². The SMILES string of the molecule is COc1ccc([C@@H](NC(=O)CCCOc2ccc(C)cc2)C2CC2)cc1. The lowest BCUT2D eigenvalue weighted by atomic mass is 10.0. The molecule has 0 unspecified atom stereocenters. The lowest BCUT2D eigenvalue weighted by Crippen LogP contribution is -2.29. The fourth-order valence-corrected chi connectivity index (χ4v) is 3.02. The van der Waals surface area contributed by atoms with Crippen molar-refractivity contribution in [3.05, 3.63) is 59.7 Å². The first-order chi connectivity index (χ1) is 12.7. The smallest absolute Gasteiger partial charge is 0.220 e. The van der Waals surface area contributed by atoms with E-state index in [-0.39, 0.29) is 11.9 Å². The number of rotatable bonds is 9. The van der Waals surface area contributed by atoms with E-state index in [1.165, 1.54) is 18.4 Å². The van der Waals surface area contributed by atoms with Crippen LogP contribution in [0.1, 0.15) is 42.9 Å². The van der Waals surface area contributed by atoms with Crippen molar-refractivity contribution < 1.29 is 14.3 Å². The molecule has 138 valence electrons. The first-order valence-electron chi connectivity index (χ1n) is 9.28. The molecule has 2 aromatic carbocycles. The molecule has 3 rings (SSSR count). The van der Waals surface area contributed by atoms with Crippen molar-refractivity contribution >= 4 is 5.91 Å². The molecule has 4 nitrogen and oxygen atoms in total. The molecular weight excluding hydrogens is 326 g/mol. The molecule has 26 heavy (non-hydrogen) atoms. The Bertz CT molecular complexity index is 705. The number of benzene rings is 2. The summed E-state index contributed by atoms with van der Waals surface area (Å²) in [6.45, 7) is 2.60. The van der Waals surface area contributed by atoms with E-state index in [0.717, 1.165) is 17.1 Å². The molecular formula is C22H27NO3. The van der Waals surface area contributed by atoms with Gasteiger partial charge >= 0.3 is 0 Å². The van der Waals surface area contributed by atoms with E-state index in [4.69, 9.17) is 9.47 Å². The van der Waals surface area contributed by atoms with E-state index in [1.54, 1.807) is 7.11 Å². The highest BCUT2D eigenvalue weighted by atomic mass is 16.5. The Morgan fingerprint density at radius 1 is 1.08 bits per heavy atom. The van der Waals surface area contributed by atoms with Crippen LogP contribution in [-0.4, -0.2) is 19.6 Å². The summed E-state index contributed by atoms with van der Waals surface area (Å²) in [6.07, 6.45) is 3.53. The average molecular weight is 353 g/mol. The van der Waals surface area contributed by atoms with Gasteiger partial charge in [-0.1, -0.05) is 29.8 Å². The Hall–Kier alpha value is -2.49. The van der Waals surface area contributed by atoms with Crippen molar-refractivity contribution in [1.82, 2.24) is 5.32 Å². The molecule has 4 heteroatoms. The predicted octanol–water partition coefficient (Wildman–Crippen LogP) is 4.43. The molecule has 1 aliphatic carbocycles. The van der Waals surface area contributed by atoms with Crippen LogP contribution in [0.15, 0.2) is 48.5 Å². The molecule has 0 aromatic heterocycles. The number of ether oxygens (including phenoxy) is 2. The van der Waals surface area contributed by atoms with Crippen LogP contribution >= 0.6 is 0 Å². The van der Waals surface area contributed by atoms with Gasteiger partial charge in [-0.25, -0.2) is 0 Å². The Kier molecular flexibility index (Phi) is 6.16. The van der Waals surface area contributed by atoms with Gasteiger partial charge in [0.15, 0.2) is 0 Å². The molecule has 0 aliphatic heterocycles. The van der Waals surface area contributed by atoms with E-state index in [1.807, 2.05) is 55.5 Å². The number of carbonyl (C=O) groups excluding carboxylic acids is 1. The van der Waals surface area contributed by atoms with Gasteiger partial charge in [0.2, 0.25) is 5.91 Å². The maximum absolute atomic E-state index is 12.3. The Morgan fingerprint density at radius 2 is 1.73 bits per heavy atom. The first kappa shape index (κ1) is 18.3. The minimum atomic E-state index is 0.0882. The molecule has 1 amide bonds. The third kappa shape index (κ3) is 5.25. The van der Waals surface area contributed by atoms with E-state index in [2.05, 4.69) is 5.32 Å². The first-order valence-corrected chi connectivity index (χ1v) is 9.28. The monoisotopic (exact) mass is 353 g/mol. The highest BCUT2D eigenvalue weighted by molar-refractivity contribution is 5.76. The Labute approximate surface area is 155 Å². The van der Waals surface area contributed by atoms with Crippen LogP contribution in [0.5, 0.6) is 11.5 Å². The van der Waals surface area contributed by atoms with Crippen LogP contribution in [-0.2, 0) is 4.79 Å². The third-order valence-electron chi connectivity index (χ3n) is 4.72. The van der Waals surface area contributed by atoms with Gasteiger partial charge < -0.3 is 14.8 Å². The molecule has 1 aliphatic rings. The van der Waals surface area contributed by atoms with Crippen LogP contribution in [0.2, 0.25) is 0 Å². The number of hydrogen-bond donors (Lipinski definition) is 1. The fraction of sp³-hybridized carbons (Fsp3) is 0.409. The normalized spacial score (nSPS) is 14.5. The molecule has 2 aromatic rings. The highest BCUT2D eigenvalue weighted by Gasteiger charge is 2.33. The van der Waals surface area contributed by atoms with Crippen LogP contribution in [0, 0.1) is 12.8 Å². The van der Waals surface area contributed by atoms with Gasteiger partial charge in [-0.3, -0.25) is 4.79 Å². The zero-order valence-electron chi connectivity index (χ0n) is 15.5. The van der Waals surface area contributed by atoms with Crippen LogP contribution in [0.4, 0.5) is 0 Å². The zero-order valence-corrected chi connectivity index (χ0v) is 15.5. The van der Waals surface area contributed by atoms with Gasteiger partial charge in [0.05, 0.1) is 19.8 Å². The lowest BCUT2D eigenvalue weighted by Gasteiger charge is -2.19. The summed E-state index contributed by atoms with van der Waals surface area (Å²) >= 11 is 0. The minimum absolute atomic E-state index is 0.0882. The Morgan fingerprint density at radius 3 is 2.35 bits per heavy atom. The van der Waals surface area contributed by atoms with Crippen molar-refractivity contribution in [1.29, 1.82) is 0 Å². The molecule has 1 saturated carbocycles. The summed E-state index contributed by atoms with van der Waals surface area (Å²) in [5.74, 6) is 2.33. The molecule has 0 heterocycles. The van der Waals surface area contributed by atoms with Crippen LogP contribution in [0.3, 0.4) is 0 Å². The largest absolute Gasteiger partial charge is 0.497 e. The molecule has 1 N–H and O–H groups in total. The van der Waals surface area contributed by atoms with E-state index in [9.17, 15) is 4.79 Å². The number of methoxy groups -OCH3 is 1. The third-order valence-corrected chi connectivity index (χ3v) is 4.72. The van der Waals surface area contributed by atoms with E-state index >= 15 is 0 Å². The van der Waals surface area contributed by atoms with Gasteiger partial charge in [0.25, 0.3) is 0 Å². The maximum Gasteiger partial charge on any atom is 0.220 e. The number of hydrogen-bond acceptors (Lipinski definition) is 3. The highest BCUT2D eigenvalue weighted by Crippen LogP contribution is 2.41. The van der Waals surface area contributed by atoms with Crippen molar-refractivity contribution in [2.45, 2.75) is 38.6 Å². The molecule has 1 fully saturated rings. The number of nitrogens with one attached hydrogen (secondary N) is 1. The lowest BCUT2D eigenvalue weighted by molar-refractivity contribution is -0.122. The molecule has 1 atom stereocenters. The van der Waals surface area contributed by atoms with Crippen molar-refractivity contribution in [2.75, 3.05) is 13.7 Å². The van der Waals surface area contributed by atoms with Crippen LogP contribution in [0.25, 0.3) is 0 Å². The summed E-state index contributed by atoms with van der Waals surface area (Å²) in [4.78, 5) is 12.3. The summed E-state index contributed by atoms with van der Waals surface area (Å²) in [6, 6.07) is 16.1. The topological polar surface area (TPSA) is 47.6 Å². The number of aryl methyl sites for hydroxylation is 1. The second-order valence-corrected chi connectivity index (χ2v) is 6.92. The van der Waals surface area contributed by atoms with Crippen molar-refractivity contribution in [3.63, 3.8) is 0 Å². The molecule has 0 radical (unpaired) electrons. The van der Waals surface area contributed by atoms with Crippen molar-refractivity contribution in [2.24, 2.45) is 5.92 Å². The maximum atomic E-state index is 12.3. The summed E-state index contributed by atoms with van der Waals surface area (Å²) in [7, 11) is 1.66. The predicted molar refractivity (Wildman–Crippen MR) is 103 cm³/mol. The average Bonchev–Trinajstić information content (AvgIpc) is 3.50. The zero-order chi connectivity index (χ0) is 18.4. The van der Waals surface area contributed by atoms with Gasteiger partial charge in [-0.2, -0.15) is 0 Å². The molecule has 0 spiro atoms. The van der Waals surface area contributed by atoms with Gasteiger partial charge in [0.1, 0.15) is 11.5 Å². The second kappa shape index (κ2) is 8.75. The quantitative estimate of drug-likeness (QED) is 0.679. The summed E-state index contributed by atoms with van der Waals surface area (Å²) in [5, 5.41) is 3.20. The second-order valence-electron chi connectivity index (χ2n) is 6.92. The number of amides is 1. The Balaban J connectivity index is 1.45.